The number of rotatable bonds is 3. The molecule has 0 saturated carbocycles. The van der Waals surface area contributed by atoms with Gasteiger partial charge < -0.3 is 10.6 Å². The molecule has 106 valence electrons. The highest BCUT2D eigenvalue weighted by molar-refractivity contribution is 5.40. The van der Waals surface area contributed by atoms with E-state index in [1.54, 1.807) is 6.07 Å². The molecule has 1 aromatic rings. The van der Waals surface area contributed by atoms with Crippen molar-refractivity contribution in [3.05, 3.63) is 23.9 Å². The van der Waals surface area contributed by atoms with Crippen LogP contribution in [0.5, 0.6) is 0 Å². The highest BCUT2D eigenvalue weighted by Crippen LogP contribution is 2.30. The van der Waals surface area contributed by atoms with Gasteiger partial charge in [0.15, 0.2) is 0 Å². The maximum Gasteiger partial charge on any atom is 0.433 e. The van der Waals surface area contributed by atoms with Gasteiger partial charge in [0.1, 0.15) is 11.5 Å². The molecule has 1 atom stereocenters. The van der Waals surface area contributed by atoms with E-state index in [4.69, 9.17) is 5.73 Å². The van der Waals surface area contributed by atoms with Gasteiger partial charge in [-0.3, -0.25) is 0 Å². The molecule has 2 rings (SSSR count). The van der Waals surface area contributed by atoms with E-state index in [0.717, 1.165) is 38.4 Å². The van der Waals surface area contributed by atoms with E-state index in [9.17, 15) is 13.2 Å². The fourth-order valence-electron chi connectivity index (χ4n) is 2.50. The smallest absolute Gasteiger partial charge is 0.356 e. The maximum atomic E-state index is 12.6. The van der Waals surface area contributed by atoms with Crippen LogP contribution in [0.25, 0.3) is 0 Å². The molecule has 1 aliphatic rings. The number of pyridine rings is 1. The maximum absolute atomic E-state index is 12.6. The van der Waals surface area contributed by atoms with Crippen LogP contribution in [0.4, 0.5) is 19.0 Å². The van der Waals surface area contributed by atoms with Crippen molar-refractivity contribution in [3.8, 4) is 0 Å². The predicted molar refractivity (Wildman–Crippen MR) is 67.8 cm³/mol. The molecule has 1 unspecified atom stereocenters. The minimum atomic E-state index is -4.39. The SMILES string of the molecule is NCCC1CCCN(c2cccc(C(F)(F)F)n2)C1. The summed E-state index contributed by atoms with van der Waals surface area (Å²) in [6.07, 6.45) is -1.41. The topological polar surface area (TPSA) is 42.1 Å². The number of nitrogens with two attached hydrogens (primary N) is 1. The highest BCUT2D eigenvalue weighted by atomic mass is 19.4. The van der Waals surface area contributed by atoms with Crippen molar-refractivity contribution in [1.29, 1.82) is 0 Å². The highest BCUT2D eigenvalue weighted by Gasteiger charge is 2.33. The van der Waals surface area contributed by atoms with Crippen molar-refractivity contribution in [2.75, 3.05) is 24.5 Å². The summed E-state index contributed by atoms with van der Waals surface area (Å²) in [4.78, 5) is 5.66. The van der Waals surface area contributed by atoms with Crippen molar-refractivity contribution in [2.24, 2.45) is 11.7 Å². The van der Waals surface area contributed by atoms with E-state index in [2.05, 4.69) is 4.98 Å². The summed E-state index contributed by atoms with van der Waals surface area (Å²) in [5.74, 6) is 0.867. The number of hydrogen-bond acceptors (Lipinski definition) is 3. The molecule has 1 aliphatic heterocycles. The van der Waals surface area contributed by atoms with E-state index >= 15 is 0 Å². The van der Waals surface area contributed by atoms with Gasteiger partial charge in [-0.1, -0.05) is 6.07 Å². The van der Waals surface area contributed by atoms with Crippen LogP contribution in [0.1, 0.15) is 25.0 Å². The molecular weight excluding hydrogens is 255 g/mol. The first-order chi connectivity index (χ1) is 9.00. The normalized spacial score (nSPS) is 20.6. The van der Waals surface area contributed by atoms with Crippen molar-refractivity contribution < 1.29 is 13.2 Å². The number of piperidine rings is 1. The van der Waals surface area contributed by atoms with Crippen LogP contribution in [0.3, 0.4) is 0 Å². The molecule has 6 heteroatoms. The molecule has 0 radical (unpaired) electrons. The molecule has 0 bridgehead atoms. The van der Waals surface area contributed by atoms with Gasteiger partial charge >= 0.3 is 6.18 Å². The van der Waals surface area contributed by atoms with E-state index < -0.39 is 11.9 Å². The van der Waals surface area contributed by atoms with E-state index in [1.165, 1.54) is 6.07 Å². The van der Waals surface area contributed by atoms with Gasteiger partial charge in [-0.15, -0.1) is 0 Å². The van der Waals surface area contributed by atoms with Crippen LogP contribution in [-0.4, -0.2) is 24.6 Å². The third-order valence-corrected chi connectivity index (χ3v) is 3.44. The molecule has 2 N–H and O–H groups in total. The number of hydrogen-bond donors (Lipinski definition) is 1. The largest absolute Gasteiger partial charge is 0.433 e. The standard InChI is InChI=1S/C13H18F3N3/c14-13(15,16)11-4-1-5-12(18-11)19-8-2-3-10(9-19)6-7-17/h1,4-5,10H,2-3,6-9,17H2. The second-order valence-corrected chi connectivity index (χ2v) is 4.91. The number of anilines is 1. The Kier molecular flexibility index (Phi) is 4.29. The van der Waals surface area contributed by atoms with Crippen LogP contribution in [0, 0.1) is 5.92 Å². The third-order valence-electron chi connectivity index (χ3n) is 3.44. The number of alkyl halides is 3. The Balaban J connectivity index is 2.13. The third kappa shape index (κ3) is 3.59. The van der Waals surface area contributed by atoms with Crippen LogP contribution < -0.4 is 10.6 Å². The first-order valence-corrected chi connectivity index (χ1v) is 6.50. The minimum absolute atomic E-state index is 0.413. The Morgan fingerprint density at radius 3 is 2.84 bits per heavy atom. The number of aromatic nitrogens is 1. The Morgan fingerprint density at radius 2 is 2.16 bits per heavy atom. The summed E-state index contributed by atoms with van der Waals surface area (Å²) in [5, 5.41) is 0. The molecule has 0 aliphatic carbocycles. The first kappa shape index (κ1) is 14.1. The lowest BCUT2D eigenvalue weighted by Crippen LogP contribution is -2.37. The van der Waals surface area contributed by atoms with Crippen LogP contribution in [-0.2, 0) is 6.18 Å². The van der Waals surface area contributed by atoms with Gasteiger partial charge in [0.25, 0.3) is 0 Å². The van der Waals surface area contributed by atoms with Gasteiger partial charge in [-0.05, 0) is 43.9 Å². The zero-order valence-corrected chi connectivity index (χ0v) is 10.7. The molecule has 0 spiro atoms. The summed E-state index contributed by atoms with van der Waals surface area (Å²) in [7, 11) is 0. The Hall–Kier alpha value is -1.30. The lowest BCUT2D eigenvalue weighted by atomic mass is 9.95. The average molecular weight is 273 g/mol. The Labute approximate surface area is 110 Å². The summed E-state index contributed by atoms with van der Waals surface area (Å²) >= 11 is 0. The number of halogens is 3. The van der Waals surface area contributed by atoms with Crippen molar-refractivity contribution in [3.63, 3.8) is 0 Å². The molecule has 1 aromatic heterocycles. The molecular formula is C13H18F3N3. The molecule has 1 fully saturated rings. The summed E-state index contributed by atoms with van der Waals surface area (Å²) in [6.45, 7) is 2.12. The van der Waals surface area contributed by atoms with E-state index in [-0.39, 0.29) is 0 Å². The first-order valence-electron chi connectivity index (χ1n) is 6.50. The minimum Gasteiger partial charge on any atom is -0.356 e. The van der Waals surface area contributed by atoms with Crippen LogP contribution in [0.2, 0.25) is 0 Å². The molecule has 1 saturated heterocycles. The summed E-state index contributed by atoms with van der Waals surface area (Å²) in [6, 6.07) is 4.06. The Bertz CT molecular complexity index is 418. The lowest BCUT2D eigenvalue weighted by Gasteiger charge is -2.33. The van der Waals surface area contributed by atoms with Crippen molar-refractivity contribution in [2.45, 2.75) is 25.4 Å². The fourth-order valence-corrected chi connectivity index (χ4v) is 2.50. The van der Waals surface area contributed by atoms with Crippen molar-refractivity contribution in [1.82, 2.24) is 4.98 Å². The monoisotopic (exact) mass is 273 g/mol. The molecule has 19 heavy (non-hydrogen) atoms. The van der Waals surface area contributed by atoms with Gasteiger partial charge in [0, 0.05) is 13.1 Å². The number of nitrogens with zero attached hydrogens (tertiary/aromatic N) is 2. The predicted octanol–water partition coefficient (Wildman–Crippen LogP) is 2.67. The molecule has 0 aromatic carbocycles. The average Bonchev–Trinajstić information content (AvgIpc) is 2.39. The summed E-state index contributed by atoms with van der Waals surface area (Å²) in [5.41, 5.74) is 4.71. The molecule has 0 amide bonds. The Morgan fingerprint density at radius 1 is 1.37 bits per heavy atom. The van der Waals surface area contributed by atoms with Crippen molar-refractivity contribution >= 4 is 5.82 Å². The van der Waals surface area contributed by atoms with Crippen LogP contribution in [0.15, 0.2) is 18.2 Å². The summed E-state index contributed by atoms with van der Waals surface area (Å²) < 4.78 is 37.9. The lowest BCUT2D eigenvalue weighted by molar-refractivity contribution is -0.141. The molecule has 2 heterocycles. The van der Waals surface area contributed by atoms with Gasteiger partial charge in [-0.2, -0.15) is 13.2 Å². The van der Waals surface area contributed by atoms with Gasteiger partial charge in [-0.25, -0.2) is 4.98 Å². The van der Waals surface area contributed by atoms with Gasteiger partial charge in [0.05, 0.1) is 0 Å². The quantitative estimate of drug-likeness (QED) is 0.920. The fraction of sp³-hybridized carbons (Fsp3) is 0.615. The van der Waals surface area contributed by atoms with E-state index in [0.29, 0.717) is 18.3 Å². The zero-order chi connectivity index (χ0) is 13.9. The second kappa shape index (κ2) is 5.77. The van der Waals surface area contributed by atoms with Crippen LogP contribution >= 0.6 is 0 Å². The van der Waals surface area contributed by atoms with E-state index in [1.807, 2.05) is 4.90 Å². The second-order valence-electron chi connectivity index (χ2n) is 4.91. The van der Waals surface area contributed by atoms with Gasteiger partial charge in [0.2, 0.25) is 0 Å². The zero-order valence-electron chi connectivity index (χ0n) is 10.7. The molecule has 3 nitrogen and oxygen atoms in total.